The van der Waals surface area contributed by atoms with Gasteiger partial charge in [0, 0.05) is 18.5 Å². The first-order valence-electron chi connectivity index (χ1n) is 6.35. The summed E-state index contributed by atoms with van der Waals surface area (Å²) in [7, 11) is 1.81. The summed E-state index contributed by atoms with van der Waals surface area (Å²) in [4.78, 5) is 15.0. The van der Waals surface area contributed by atoms with E-state index in [2.05, 4.69) is 0 Å². The lowest BCUT2D eigenvalue weighted by molar-refractivity contribution is -0.129. The number of carbonyl (C=O) groups is 1. The second-order valence-corrected chi connectivity index (χ2v) is 6.40. The summed E-state index contributed by atoms with van der Waals surface area (Å²) in [5.74, 6) is 0.0791. The average Bonchev–Trinajstić information content (AvgIpc) is 2.84. The SMILES string of the molecule is CN(Cc1ccc(Cl)s1)C(=O)Cc1ccccc1CN. The van der Waals surface area contributed by atoms with Gasteiger partial charge in [-0.15, -0.1) is 11.3 Å². The van der Waals surface area contributed by atoms with Gasteiger partial charge in [-0.1, -0.05) is 35.9 Å². The summed E-state index contributed by atoms with van der Waals surface area (Å²) in [6.45, 7) is 1.04. The molecule has 0 radical (unpaired) electrons. The maximum Gasteiger partial charge on any atom is 0.227 e. The lowest BCUT2D eigenvalue weighted by atomic mass is 10.0. The van der Waals surface area contributed by atoms with Crippen LogP contribution in [0.2, 0.25) is 4.34 Å². The molecule has 1 aromatic heterocycles. The minimum atomic E-state index is 0.0791. The predicted octanol–water partition coefficient (Wildman–Crippen LogP) is 3.06. The average molecular weight is 309 g/mol. The fourth-order valence-corrected chi connectivity index (χ4v) is 3.13. The van der Waals surface area contributed by atoms with Crippen molar-refractivity contribution >= 4 is 28.8 Å². The molecule has 2 aromatic rings. The summed E-state index contributed by atoms with van der Waals surface area (Å²) in [5, 5.41) is 0. The van der Waals surface area contributed by atoms with Gasteiger partial charge in [0.2, 0.25) is 5.91 Å². The van der Waals surface area contributed by atoms with Crippen LogP contribution in [-0.2, 0) is 24.3 Å². The Labute approximate surface area is 128 Å². The van der Waals surface area contributed by atoms with Crippen molar-refractivity contribution in [1.29, 1.82) is 0 Å². The van der Waals surface area contributed by atoms with E-state index in [1.54, 1.807) is 11.9 Å². The molecule has 1 aromatic carbocycles. The van der Waals surface area contributed by atoms with E-state index in [0.717, 1.165) is 20.3 Å². The number of nitrogens with zero attached hydrogens (tertiary/aromatic N) is 1. The molecule has 106 valence electrons. The van der Waals surface area contributed by atoms with E-state index < -0.39 is 0 Å². The summed E-state index contributed by atoms with van der Waals surface area (Å²) >= 11 is 7.39. The van der Waals surface area contributed by atoms with Crippen LogP contribution in [0.25, 0.3) is 0 Å². The van der Waals surface area contributed by atoms with Crippen molar-refractivity contribution in [2.45, 2.75) is 19.5 Å². The molecule has 5 heteroatoms. The van der Waals surface area contributed by atoms with Crippen LogP contribution in [0.4, 0.5) is 0 Å². The molecule has 0 saturated carbocycles. The fraction of sp³-hybridized carbons (Fsp3) is 0.267. The molecular weight excluding hydrogens is 292 g/mol. The van der Waals surface area contributed by atoms with E-state index in [0.29, 0.717) is 19.5 Å². The van der Waals surface area contributed by atoms with Gasteiger partial charge in [-0.05, 0) is 23.3 Å². The van der Waals surface area contributed by atoms with E-state index in [1.165, 1.54) is 11.3 Å². The quantitative estimate of drug-likeness (QED) is 0.922. The minimum Gasteiger partial charge on any atom is -0.340 e. The minimum absolute atomic E-state index is 0.0791. The fourth-order valence-electron chi connectivity index (χ4n) is 1.99. The first-order chi connectivity index (χ1) is 9.60. The molecule has 2 N–H and O–H groups in total. The van der Waals surface area contributed by atoms with Crippen molar-refractivity contribution in [1.82, 2.24) is 4.90 Å². The van der Waals surface area contributed by atoms with Crippen molar-refractivity contribution in [2.24, 2.45) is 5.73 Å². The molecular formula is C15H17ClN2OS. The number of likely N-dealkylation sites (N-methyl/N-ethyl adjacent to an activating group) is 1. The zero-order valence-electron chi connectivity index (χ0n) is 11.3. The Kier molecular flexibility index (Phi) is 5.17. The van der Waals surface area contributed by atoms with Crippen LogP contribution in [0.5, 0.6) is 0 Å². The highest BCUT2D eigenvalue weighted by atomic mass is 35.5. The smallest absolute Gasteiger partial charge is 0.227 e. The third-order valence-electron chi connectivity index (χ3n) is 3.13. The van der Waals surface area contributed by atoms with E-state index in [-0.39, 0.29) is 5.91 Å². The molecule has 0 bridgehead atoms. The van der Waals surface area contributed by atoms with Crippen molar-refractivity contribution < 1.29 is 4.79 Å². The Morgan fingerprint density at radius 2 is 1.95 bits per heavy atom. The molecule has 1 amide bonds. The number of thiophene rings is 1. The summed E-state index contributed by atoms with van der Waals surface area (Å²) < 4.78 is 0.745. The zero-order chi connectivity index (χ0) is 14.5. The molecule has 1 heterocycles. The second kappa shape index (κ2) is 6.88. The van der Waals surface area contributed by atoms with Crippen LogP contribution in [-0.4, -0.2) is 17.9 Å². The van der Waals surface area contributed by atoms with Crippen molar-refractivity contribution in [3.63, 3.8) is 0 Å². The number of hydrogen-bond donors (Lipinski definition) is 1. The maximum absolute atomic E-state index is 12.2. The Balaban J connectivity index is 2.00. The van der Waals surface area contributed by atoms with Gasteiger partial charge in [0.05, 0.1) is 17.3 Å². The maximum atomic E-state index is 12.2. The second-order valence-electron chi connectivity index (χ2n) is 4.61. The van der Waals surface area contributed by atoms with Gasteiger partial charge < -0.3 is 10.6 Å². The number of rotatable bonds is 5. The Hall–Kier alpha value is -1.36. The number of nitrogens with two attached hydrogens (primary N) is 1. The van der Waals surface area contributed by atoms with E-state index in [1.807, 2.05) is 36.4 Å². The summed E-state index contributed by atoms with van der Waals surface area (Å²) in [5.41, 5.74) is 7.71. The van der Waals surface area contributed by atoms with E-state index in [4.69, 9.17) is 17.3 Å². The Bertz CT molecular complexity index is 597. The van der Waals surface area contributed by atoms with Gasteiger partial charge in [-0.25, -0.2) is 0 Å². The van der Waals surface area contributed by atoms with Gasteiger partial charge in [-0.2, -0.15) is 0 Å². The standard InChI is InChI=1S/C15H17ClN2OS/c1-18(10-13-6-7-14(16)20-13)15(19)8-11-4-2-3-5-12(11)9-17/h2-7H,8-10,17H2,1H3. The van der Waals surface area contributed by atoms with Gasteiger partial charge in [0.1, 0.15) is 0 Å². The highest BCUT2D eigenvalue weighted by Gasteiger charge is 2.13. The molecule has 0 aliphatic rings. The molecule has 0 saturated heterocycles. The van der Waals surface area contributed by atoms with Gasteiger partial charge in [0.15, 0.2) is 0 Å². The number of amides is 1. The van der Waals surface area contributed by atoms with Crippen LogP contribution in [0, 0.1) is 0 Å². The lowest BCUT2D eigenvalue weighted by Crippen LogP contribution is -2.27. The monoisotopic (exact) mass is 308 g/mol. The first kappa shape index (κ1) is 15.0. The van der Waals surface area contributed by atoms with Crippen LogP contribution in [0.3, 0.4) is 0 Å². The molecule has 2 rings (SSSR count). The molecule has 0 fully saturated rings. The number of carbonyl (C=O) groups excluding carboxylic acids is 1. The molecule has 0 spiro atoms. The third kappa shape index (κ3) is 3.82. The van der Waals surface area contributed by atoms with E-state index in [9.17, 15) is 4.79 Å². The van der Waals surface area contributed by atoms with Crippen molar-refractivity contribution in [3.8, 4) is 0 Å². The Morgan fingerprint density at radius 3 is 2.55 bits per heavy atom. The summed E-state index contributed by atoms with van der Waals surface area (Å²) in [6.07, 6.45) is 0.378. The van der Waals surface area contributed by atoms with Crippen molar-refractivity contribution in [2.75, 3.05) is 7.05 Å². The molecule has 0 aliphatic heterocycles. The summed E-state index contributed by atoms with van der Waals surface area (Å²) in [6, 6.07) is 11.6. The highest BCUT2D eigenvalue weighted by molar-refractivity contribution is 7.16. The lowest BCUT2D eigenvalue weighted by Gasteiger charge is -2.17. The number of halogens is 1. The number of hydrogen-bond acceptors (Lipinski definition) is 3. The topological polar surface area (TPSA) is 46.3 Å². The third-order valence-corrected chi connectivity index (χ3v) is 4.34. The van der Waals surface area contributed by atoms with Crippen LogP contribution < -0.4 is 5.73 Å². The van der Waals surface area contributed by atoms with Crippen LogP contribution >= 0.6 is 22.9 Å². The van der Waals surface area contributed by atoms with Gasteiger partial charge >= 0.3 is 0 Å². The van der Waals surface area contributed by atoms with Gasteiger partial charge in [-0.3, -0.25) is 4.79 Å². The molecule has 20 heavy (non-hydrogen) atoms. The highest BCUT2D eigenvalue weighted by Crippen LogP contribution is 2.22. The normalized spacial score (nSPS) is 10.6. The molecule has 0 atom stereocenters. The number of benzene rings is 1. The van der Waals surface area contributed by atoms with Crippen molar-refractivity contribution in [3.05, 3.63) is 56.7 Å². The van der Waals surface area contributed by atoms with E-state index >= 15 is 0 Å². The first-order valence-corrected chi connectivity index (χ1v) is 7.54. The predicted molar refractivity (Wildman–Crippen MR) is 83.8 cm³/mol. The van der Waals surface area contributed by atoms with Crippen LogP contribution in [0.15, 0.2) is 36.4 Å². The van der Waals surface area contributed by atoms with Crippen LogP contribution in [0.1, 0.15) is 16.0 Å². The zero-order valence-corrected chi connectivity index (χ0v) is 12.9. The molecule has 0 aliphatic carbocycles. The molecule has 3 nitrogen and oxygen atoms in total. The largest absolute Gasteiger partial charge is 0.340 e. The molecule has 0 unspecified atom stereocenters. The Morgan fingerprint density at radius 1 is 1.25 bits per heavy atom. The van der Waals surface area contributed by atoms with Gasteiger partial charge in [0.25, 0.3) is 0 Å².